The molecule has 1 saturated heterocycles. The van der Waals surface area contributed by atoms with Crippen LogP contribution >= 0.6 is 0 Å². The first-order valence-corrected chi connectivity index (χ1v) is 10.6. The lowest BCUT2D eigenvalue weighted by Gasteiger charge is -2.34. The van der Waals surface area contributed by atoms with E-state index in [4.69, 9.17) is 0 Å². The van der Waals surface area contributed by atoms with Crippen molar-refractivity contribution < 1.29 is 4.79 Å². The largest absolute Gasteiger partial charge is 0.355 e. The van der Waals surface area contributed by atoms with Crippen molar-refractivity contribution in [2.75, 3.05) is 24.5 Å². The Kier molecular flexibility index (Phi) is 6.32. The van der Waals surface area contributed by atoms with E-state index in [0.29, 0.717) is 6.54 Å². The fraction of sp³-hybridized carbons (Fsp3) is 0.333. The summed E-state index contributed by atoms with van der Waals surface area (Å²) in [6, 6.07) is 18.1. The van der Waals surface area contributed by atoms with E-state index in [9.17, 15) is 4.79 Å². The van der Waals surface area contributed by atoms with E-state index < -0.39 is 0 Å². The molecule has 3 aromatic rings. The molecule has 0 radical (unpaired) electrons. The smallest absolute Gasteiger partial charge is 0.226 e. The minimum Gasteiger partial charge on any atom is -0.355 e. The summed E-state index contributed by atoms with van der Waals surface area (Å²) in [5, 5.41) is 8.79. The standard InChI is InChI=1S/C24H27N5O/c1-2-28(18-19-6-4-3-5-7-19)24(30)21-12-16-29(17-13-21)23-9-8-22(26-27-23)20-10-14-25-15-11-20/h3-11,14-15,21H,2,12-13,16-18H2,1H3. The van der Waals surface area contributed by atoms with Crippen molar-refractivity contribution >= 4 is 11.7 Å². The van der Waals surface area contributed by atoms with E-state index >= 15 is 0 Å². The normalized spacial score (nSPS) is 14.5. The number of carbonyl (C=O) groups excluding carboxylic acids is 1. The van der Waals surface area contributed by atoms with Gasteiger partial charge in [0.15, 0.2) is 5.82 Å². The van der Waals surface area contributed by atoms with Gasteiger partial charge in [-0.1, -0.05) is 30.3 Å². The molecule has 0 atom stereocenters. The van der Waals surface area contributed by atoms with Gasteiger partial charge in [0.2, 0.25) is 5.91 Å². The van der Waals surface area contributed by atoms with Crippen LogP contribution in [-0.2, 0) is 11.3 Å². The lowest BCUT2D eigenvalue weighted by atomic mass is 9.95. The fourth-order valence-corrected chi connectivity index (χ4v) is 3.93. The molecule has 30 heavy (non-hydrogen) atoms. The van der Waals surface area contributed by atoms with Crippen LogP contribution in [0.5, 0.6) is 0 Å². The van der Waals surface area contributed by atoms with Crippen LogP contribution < -0.4 is 4.90 Å². The predicted octanol–water partition coefficient (Wildman–Crippen LogP) is 3.80. The first-order chi connectivity index (χ1) is 14.7. The molecule has 0 aliphatic carbocycles. The number of piperidine rings is 1. The number of nitrogens with zero attached hydrogens (tertiary/aromatic N) is 5. The Balaban J connectivity index is 1.34. The topological polar surface area (TPSA) is 62.2 Å². The molecule has 1 amide bonds. The summed E-state index contributed by atoms with van der Waals surface area (Å²) in [5.74, 6) is 1.21. The van der Waals surface area contributed by atoms with Crippen molar-refractivity contribution in [1.82, 2.24) is 20.1 Å². The number of pyridine rings is 1. The number of anilines is 1. The third-order valence-corrected chi connectivity index (χ3v) is 5.70. The second-order valence-corrected chi connectivity index (χ2v) is 7.61. The van der Waals surface area contributed by atoms with Crippen molar-refractivity contribution in [1.29, 1.82) is 0 Å². The summed E-state index contributed by atoms with van der Waals surface area (Å²) in [5.41, 5.74) is 3.02. The van der Waals surface area contributed by atoms with E-state index in [1.54, 1.807) is 12.4 Å². The lowest BCUT2D eigenvalue weighted by molar-refractivity contribution is -0.136. The second-order valence-electron chi connectivity index (χ2n) is 7.61. The summed E-state index contributed by atoms with van der Waals surface area (Å²) < 4.78 is 0. The Bertz CT molecular complexity index is 938. The molecular weight excluding hydrogens is 374 g/mol. The highest BCUT2D eigenvalue weighted by molar-refractivity contribution is 5.79. The van der Waals surface area contributed by atoms with Crippen LogP contribution in [0.2, 0.25) is 0 Å². The van der Waals surface area contributed by atoms with E-state index in [-0.39, 0.29) is 11.8 Å². The molecule has 1 fully saturated rings. The van der Waals surface area contributed by atoms with Gasteiger partial charge in [0.05, 0.1) is 5.69 Å². The number of rotatable bonds is 6. The van der Waals surface area contributed by atoms with E-state index in [1.165, 1.54) is 5.56 Å². The Morgan fingerprint density at radius 2 is 1.73 bits per heavy atom. The maximum Gasteiger partial charge on any atom is 0.226 e. The number of aromatic nitrogens is 3. The van der Waals surface area contributed by atoms with Gasteiger partial charge in [0.1, 0.15) is 0 Å². The molecule has 154 valence electrons. The minimum atomic E-state index is 0.0777. The summed E-state index contributed by atoms with van der Waals surface area (Å²) in [7, 11) is 0. The second kappa shape index (κ2) is 9.48. The van der Waals surface area contributed by atoms with Crippen molar-refractivity contribution in [3.05, 3.63) is 72.6 Å². The average Bonchev–Trinajstić information content (AvgIpc) is 2.83. The average molecular weight is 402 g/mol. The number of amides is 1. The van der Waals surface area contributed by atoms with E-state index in [2.05, 4.69) is 39.1 Å². The van der Waals surface area contributed by atoms with Crippen LogP contribution in [0.3, 0.4) is 0 Å². The minimum absolute atomic E-state index is 0.0777. The molecule has 1 aromatic carbocycles. The molecule has 1 aliphatic rings. The summed E-state index contributed by atoms with van der Waals surface area (Å²) in [6.07, 6.45) is 5.20. The van der Waals surface area contributed by atoms with Gasteiger partial charge in [0, 0.05) is 50.1 Å². The third-order valence-electron chi connectivity index (χ3n) is 5.70. The van der Waals surface area contributed by atoms with Gasteiger partial charge < -0.3 is 9.80 Å². The van der Waals surface area contributed by atoms with Crippen LogP contribution in [-0.4, -0.2) is 45.6 Å². The van der Waals surface area contributed by atoms with Crippen LogP contribution in [0.1, 0.15) is 25.3 Å². The van der Waals surface area contributed by atoms with Crippen molar-refractivity contribution in [3.63, 3.8) is 0 Å². The van der Waals surface area contributed by atoms with Gasteiger partial charge in [0.25, 0.3) is 0 Å². The van der Waals surface area contributed by atoms with Gasteiger partial charge in [-0.2, -0.15) is 0 Å². The quantitative estimate of drug-likeness (QED) is 0.629. The molecule has 4 rings (SSSR count). The van der Waals surface area contributed by atoms with Gasteiger partial charge in [-0.25, -0.2) is 0 Å². The number of hydrogen-bond donors (Lipinski definition) is 0. The highest BCUT2D eigenvalue weighted by atomic mass is 16.2. The zero-order valence-corrected chi connectivity index (χ0v) is 17.3. The maximum absolute atomic E-state index is 13.1. The van der Waals surface area contributed by atoms with Gasteiger partial charge in [-0.15, -0.1) is 10.2 Å². The third kappa shape index (κ3) is 4.64. The van der Waals surface area contributed by atoms with Crippen LogP contribution in [0.15, 0.2) is 67.0 Å². The molecule has 1 aliphatic heterocycles. The van der Waals surface area contributed by atoms with Crippen LogP contribution in [0.4, 0.5) is 5.82 Å². The predicted molar refractivity (Wildman–Crippen MR) is 118 cm³/mol. The summed E-state index contributed by atoms with van der Waals surface area (Å²) in [4.78, 5) is 21.3. The molecule has 0 unspecified atom stereocenters. The molecule has 0 N–H and O–H groups in total. The SMILES string of the molecule is CCN(Cc1ccccc1)C(=O)C1CCN(c2ccc(-c3ccncc3)nn2)CC1. The zero-order valence-electron chi connectivity index (χ0n) is 17.3. The van der Waals surface area contributed by atoms with Gasteiger partial charge >= 0.3 is 0 Å². The molecular formula is C24H27N5O. The van der Waals surface area contributed by atoms with Crippen LogP contribution in [0, 0.1) is 5.92 Å². The maximum atomic E-state index is 13.1. The molecule has 0 bridgehead atoms. The Hall–Kier alpha value is -3.28. The molecule has 0 saturated carbocycles. The molecule has 2 aromatic heterocycles. The van der Waals surface area contributed by atoms with Crippen molar-refractivity contribution in [2.24, 2.45) is 5.92 Å². The molecule has 0 spiro atoms. The fourth-order valence-electron chi connectivity index (χ4n) is 3.93. The Morgan fingerprint density at radius 3 is 2.37 bits per heavy atom. The van der Waals surface area contributed by atoms with E-state index in [0.717, 1.165) is 49.6 Å². The molecule has 6 heteroatoms. The zero-order chi connectivity index (χ0) is 20.8. The Morgan fingerprint density at radius 1 is 1.00 bits per heavy atom. The highest BCUT2D eigenvalue weighted by Crippen LogP contribution is 2.25. The lowest BCUT2D eigenvalue weighted by Crippen LogP contribution is -2.42. The Labute approximate surface area is 177 Å². The van der Waals surface area contributed by atoms with Crippen molar-refractivity contribution in [3.8, 4) is 11.3 Å². The molecule has 6 nitrogen and oxygen atoms in total. The van der Waals surface area contributed by atoms with Gasteiger partial charge in [-0.3, -0.25) is 9.78 Å². The number of benzene rings is 1. The number of hydrogen-bond acceptors (Lipinski definition) is 5. The first-order valence-electron chi connectivity index (χ1n) is 10.6. The first kappa shape index (κ1) is 20.0. The summed E-state index contributed by atoms with van der Waals surface area (Å²) >= 11 is 0. The summed E-state index contributed by atoms with van der Waals surface area (Å²) in [6.45, 7) is 5.11. The highest BCUT2D eigenvalue weighted by Gasteiger charge is 2.28. The van der Waals surface area contributed by atoms with Crippen molar-refractivity contribution in [2.45, 2.75) is 26.3 Å². The van der Waals surface area contributed by atoms with E-state index in [1.807, 2.05) is 47.4 Å². The van der Waals surface area contributed by atoms with Crippen LogP contribution in [0.25, 0.3) is 11.3 Å². The monoisotopic (exact) mass is 401 g/mol. The molecule has 3 heterocycles. The number of carbonyl (C=O) groups is 1. The van der Waals surface area contributed by atoms with Gasteiger partial charge in [-0.05, 0) is 49.6 Å².